The molecule has 6 nitrogen and oxygen atoms in total. The Balaban J connectivity index is 2.17. The van der Waals surface area contributed by atoms with Gasteiger partial charge in [0, 0.05) is 6.04 Å². The summed E-state index contributed by atoms with van der Waals surface area (Å²) in [5.74, 6) is -0.837. The summed E-state index contributed by atoms with van der Waals surface area (Å²) in [7, 11) is 0. The minimum Gasteiger partial charge on any atom is -0.368 e. The van der Waals surface area contributed by atoms with Gasteiger partial charge in [0.1, 0.15) is 0 Å². The Labute approximate surface area is 113 Å². The van der Waals surface area contributed by atoms with Crippen molar-refractivity contribution in [3.63, 3.8) is 0 Å². The number of nitrogens with two attached hydrogens (primary N) is 1. The molecule has 0 saturated heterocycles. The molecule has 1 aromatic rings. The van der Waals surface area contributed by atoms with Gasteiger partial charge in [-0.2, -0.15) is 0 Å². The van der Waals surface area contributed by atoms with E-state index in [1.54, 1.807) is 0 Å². The number of amides is 2. The molecule has 0 aromatic carbocycles. The predicted molar refractivity (Wildman–Crippen MR) is 67.4 cm³/mol. The number of carbonyl (C=O) groups is 2. The Morgan fingerprint density at radius 1 is 1.39 bits per heavy atom. The molecule has 0 atom stereocenters. The number of halogens is 1. The Morgan fingerprint density at radius 2 is 2.06 bits per heavy atom. The molecule has 1 heterocycles. The molecule has 1 fully saturated rings. The topological polar surface area (TPSA) is 89.2 Å². The highest BCUT2D eigenvalue weighted by Gasteiger charge is 2.30. The molecule has 2 rings (SSSR count). The van der Waals surface area contributed by atoms with Gasteiger partial charge in [0.15, 0.2) is 0 Å². The van der Waals surface area contributed by atoms with E-state index in [2.05, 4.69) is 10.2 Å². The number of nitrogens with zero attached hydrogens (tertiary/aromatic N) is 3. The zero-order valence-electron chi connectivity index (χ0n) is 9.63. The first-order chi connectivity index (χ1) is 8.58. The van der Waals surface area contributed by atoms with Crippen molar-refractivity contribution in [2.75, 3.05) is 6.54 Å². The minimum absolute atomic E-state index is 0.0627. The maximum Gasteiger partial charge on any atom is 0.285 e. The van der Waals surface area contributed by atoms with Crippen molar-refractivity contribution < 1.29 is 9.59 Å². The lowest BCUT2D eigenvalue weighted by molar-refractivity contribution is -0.119. The van der Waals surface area contributed by atoms with Gasteiger partial charge in [0.05, 0.1) is 6.54 Å². The first kappa shape index (κ1) is 13.2. The molecule has 0 bridgehead atoms. The average molecular weight is 289 g/mol. The third-order valence-corrected chi connectivity index (χ3v) is 3.94. The lowest BCUT2D eigenvalue weighted by atomic mass is 10.2. The van der Waals surface area contributed by atoms with E-state index in [0.717, 1.165) is 37.0 Å². The third kappa shape index (κ3) is 2.97. The highest BCUT2D eigenvalue weighted by atomic mass is 35.5. The summed E-state index contributed by atoms with van der Waals surface area (Å²) in [6.45, 7) is -0.0826. The van der Waals surface area contributed by atoms with Gasteiger partial charge in [-0.05, 0) is 24.4 Å². The van der Waals surface area contributed by atoms with Crippen LogP contribution in [0.1, 0.15) is 35.5 Å². The molecule has 2 amide bonds. The Hall–Kier alpha value is -1.21. The fourth-order valence-electron chi connectivity index (χ4n) is 2.17. The molecule has 0 aliphatic heterocycles. The number of hydrogen-bond donors (Lipinski definition) is 1. The van der Waals surface area contributed by atoms with Crippen molar-refractivity contribution >= 4 is 34.8 Å². The second-order valence-electron chi connectivity index (χ2n) is 4.20. The van der Waals surface area contributed by atoms with E-state index >= 15 is 0 Å². The first-order valence-electron chi connectivity index (χ1n) is 5.66. The molecule has 0 unspecified atom stereocenters. The number of aromatic nitrogens is 2. The second kappa shape index (κ2) is 5.62. The summed E-state index contributed by atoms with van der Waals surface area (Å²) in [5.41, 5.74) is 5.19. The average Bonchev–Trinajstić information content (AvgIpc) is 2.95. The maximum atomic E-state index is 12.2. The van der Waals surface area contributed by atoms with Gasteiger partial charge >= 0.3 is 0 Å². The molecule has 0 spiro atoms. The predicted octanol–water partition coefficient (Wildman–Crippen LogP) is 1.06. The second-order valence-corrected chi connectivity index (χ2v) is 5.76. The number of carbonyl (C=O) groups excluding carboxylic acids is 2. The summed E-state index contributed by atoms with van der Waals surface area (Å²) in [4.78, 5) is 24.8. The smallest absolute Gasteiger partial charge is 0.285 e. The van der Waals surface area contributed by atoms with Crippen LogP contribution in [0.15, 0.2) is 0 Å². The maximum absolute atomic E-state index is 12.2. The van der Waals surface area contributed by atoms with Gasteiger partial charge in [0.25, 0.3) is 5.91 Å². The molecule has 1 aliphatic carbocycles. The Morgan fingerprint density at radius 3 is 2.56 bits per heavy atom. The number of primary amides is 1. The molecule has 1 aromatic heterocycles. The van der Waals surface area contributed by atoms with Gasteiger partial charge < -0.3 is 10.6 Å². The summed E-state index contributed by atoms with van der Waals surface area (Å²) in [6, 6.07) is 0.0627. The Bertz CT molecular complexity index is 458. The molecule has 1 saturated carbocycles. The molecular weight excluding hydrogens is 276 g/mol. The van der Waals surface area contributed by atoms with E-state index < -0.39 is 5.91 Å². The lowest BCUT2D eigenvalue weighted by Gasteiger charge is -2.26. The van der Waals surface area contributed by atoms with Crippen molar-refractivity contribution in [1.82, 2.24) is 15.1 Å². The fourth-order valence-corrected chi connectivity index (χ4v) is 2.95. The zero-order chi connectivity index (χ0) is 13.1. The van der Waals surface area contributed by atoms with E-state index in [-0.39, 0.29) is 28.0 Å². The molecule has 0 radical (unpaired) electrons. The van der Waals surface area contributed by atoms with Crippen LogP contribution >= 0.6 is 22.9 Å². The molecule has 8 heteroatoms. The van der Waals surface area contributed by atoms with Gasteiger partial charge in [-0.3, -0.25) is 9.59 Å². The summed E-state index contributed by atoms with van der Waals surface area (Å²) >= 11 is 6.67. The van der Waals surface area contributed by atoms with Crippen LogP contribution in [0.5, 0.6) is 0 Å². The summed E-state index contributed by atoms with van der Waals surface area (Å²) < 4.78 is 0.212. The SMILES string of the molecule is NC(=O)CN(C(=O)c1nnc(Cl)s1)C1CCCC1. The third-order valence-electron chi connectivity index (χ3n) is 2.94. The largest absolute Gasteiger partial charge is 0.368 e. The minimum atomic E-state index is -0.522. The standard InChI is InChI=1S/C10H13ClN4O2S/c11-10-14-13-8(18-10)9(17)15(5-7(12)16)6-3-1-2-4-6/h6H,1-5H2,(H2,12,16). The van der Waals surface area contributed by atoms with Gasteiger partial charge in [0.2, 0.25) is 15.4 Å². The molecular formula is C10H13ClN4O2S. The van der Waals surface area contributed by atoms with Crippen LogP contribution in [0.25, 0.3) is 0 Å². The van der Waals surface area contributed by atoms with Crippen LogP contribution in [0.3, 0.4) is 0 Å². The molecule has 2 N–H and O–H groups in total. The highest BCUT2D eigenvalue weighted by Crippen LogP contribution is 2.26. The van der Waals surface area contributed by atoms with Crippen molar-refractivity contribution in [1.29, 1.82) is 0 Å². The lowest BCUT2D eigenvalue weighted by Crippen LogP contribution is -2.44. The summed E-state index contributed by atoms with van der Waals surface area (Å²) in [5, 5.41) is 7.51. The van der Waals surface area contributed by atoms with Gasteiger partial charge in [-0.15, -0.1) is 10.2 Å². The van der Waals surface area contributed by atoms with Gasteiger partial charge in [-0.1, -0.05) is 24.2 Å². The van der Waals surface area contributed by atoms with E-state index in [1.165, 1.54) is 4.90 Å². The van der Waals surface area contributed by atoms with Crippen LogP contribution in [0, 0.1) is 0 Å². The van der Waals surface area contributed by atoms with Crippen molar-refractivity contribution in [3.8, 4) is 0 Å². The monoisotopic (exact) mass is 288 g/mol. The van der Waals surface area contributed by atoms with Crippen LogP contribution < -0.4 is 5.73 Å². The van der Waals surface area contributed by atoms with Crippen molar-refractivity contribution in [2.45, 2.75) is 31.7 Å². The van der Waals surface area contributed by atoms with Crippen molar-refractivity contribution in [3.05, 3.63) is 9.47 Å². The first-order valence-corrected chi connectivity index (χ1v) is 6.85. The Kier molecular flexibility index (Phi) is 4.13. The van der Waals surface area contributed by atoms with Crippen molar-refractivity contribution in [2.24, 2.45) is 5.73 Å². The molecule has 18 heavy (non-hydrogen) atoms. The molecule has 1 aliphatic rings. The highest BCUT2D eigenvalue weighted by molar-refractivity contribution is 7.17. The number of rotatable bonds is 4. The number of hydrogen-bond acceptors (Lipinski definition) is 5. The van der Waals surface area contributed by atoms with E-state index in [9.17, 15) is 9.59 Å². The quantitative estimate of drug-likeness (QED) is 0.897. The van der Waals surface area contributed by atoms with E-state index in [4.69, 9.17) is 17.3 Å². The van der Waals surface area contributed by atoms with Gasteiger partial charge in [-0.25, -0.2) is 0 Å². The fraction of sp³-hybridized carbons (Fsp3) is 0.600. The van der Waals surface area contributed by atoms with E-state index in [0.29, 0.717) is 0 Å². The molecule has 98 valence electrons. The van der Waals surface area contributed by atoms with Crippen LogP contribution in [0.2, 0.25) is 4.47 Å². The summed E-state index contributed by atoms with van der Waals surface area (Å²) in [6.07, 6.45) is 3.91. The van der Waals surface area contributed by atoms with Crippen LogP contribution in [-0.4, -0.2) is 39.5 Å². The van der Waals surface area contributed by atoms with Crippen LogP contribution in [-0.2, 0) is 4.79 Å². The normalized spacial score (nSPS) is 15.8. The van der Waals surface area contributed by atoms with Crippen LogP contribution in [0.4, 0.5) is 0 Å². The van der Waals surface area contributed by atoms with E-state index in [1.807, 2.05) is 0 Å². The zero-order valence-corrected chi connectivity index (χ0v) is 11.2.